The summed E-state index contributed by atoms with van der Waals surface area (Å²) in [6.07, 6.45) is 1.47. The molecule has 0 amide bonds. The highest BCUT2D eigenvalue weighted by Gasteiger charge is 2.34. The summed E-state index contributed by atoms with van der Waals surface area (Å²) in [5.74, 6) is -0.509. The second-order valence-corrected chi connectivity index (χ2v) is 5.24. The van der Waals surface area contributed by atoms with E-state index in [-0.39, 0.29) is 5.02 Å². The van der Waals surface area contributed by atoms with Crippen molar-refractivity contribution in [2.75, 3.05) is 11.5 Å². The molecule has 108 valence electrons. The molecule has 0 aromatic heterocycles. The van der Waals surface area contributed by atoms with Gasteiger partial charge in [0.25, 0.3) is 0 Å². The first-order valence-electron chi connectivity index (χ1n) is 6.16. The van der Waals surface area contributed by atoms with Crippen LogP contribution in [-0.2, 0) is 5.66 Å². The van der Waals surface area contributed by atoms with Crippen molar-refractivity contribution in [3.63, 3.8) is 0 Å². The fourth-order valence-electron chi connectivity index (χ4n) is 2.31. The van der Waals surface area contributed by atoms with E-state index in [9.17, 15) is 4.39 Å². The SMILES string of the molecule is Nc1cc2c(cc1N)C(N)(c1ccc(F)c(Cl)c1)NC=N2. The number of nitrogens with two attached hydrogens (primary N) is 3. The monoisotopic (exact) mass is 305 g/mol. The summed E-state index contributed by atoms with van der Waals surface area (Å²) in [7, 11) is 0. The topological polar surface area (TPSA) is 102 Å². The van der Waals surface area contributed by atoms with Gasteiger partial charge in [-0.2, -0.15) is 0 Å². The lowest BCUT2D eigenvalue weighted by Gasteiger charge is -2.34. The fourth-order valence-corrected chi connectivity index (χ4v) is 2.49. The molecule has 5 nitrogen and oxygen atoms in total. The van der Waals surface area contributed by atoms with Gasteiger partial charge in [-0.05, 0) is 29.8 Å². The largest absolute Gasteiger partial charge is 0.397 e. The normalized spacial score (nSPS) is 20.0. The average molecular weight is 306 g/mol. The molecule has 1 aliphatic rings. The minimum absolute atomic E-state index is 0.00777. The Kier molecular flexibility index (Phi) is 3.00. The van der Waals surface area contributed by atoms with Crippen molar-refractivity contribution in [3.8, 4) is 0 Å². The summed E-state index contributed by atoms with van der Waals surface area (Å²) in [6.45, 7) is 0. The first-order chi connectivity index (χ1) is 9.91. The molecule has 2 aromatic rings. The lowest BCUT2D eigenvalue weighted by molar-refractivity contribution is 0.498. The Hall–Kier alpha value is -2.31. The van der Waals surface area contributed by atoms with Crippen LogP contribution in [0.3, 0.4) is 0 Å². The predicted molar refractivity (Wildman–Crippen MR) is 82.9 cm³/mol. The lowest BCUT2D eigenvalue weighted by Crippen LogP contribution is -2.52. The van der Waals surface area contributed by atoms with Crippen LogP contribution in [0.2, 0.25) is 5.02 Å². The smallest absolute Gasteiger partial charge is 0.141 e. The predicted octanol–water partition coefficient (Wildman–Crippen LogP) is 2.07. The molecule has 1 unspecified atom stereocenters. The summed E-state index contributed by atoms with van der Waals surface area (Å²) >= 11 is 5.84. The molecule has 7 heteroatoms. The van der Waals surface area contributed by atoms with Crippen LogP contribution in [0.1, 0.15) is 11.1 Å². The van der Waals surface area contributed by atoms with Crippen molar-refractivity contribution in [1.82, 2.24) is 5.32 Å². The highest BCUT2D eigenvalue weighted by Crippen LogP contribution is 2.38. The molecular weight excluding hydrogens is 293 g/mol. The zero-order chi connectivity index (χ0) is 15.2. The second kappa shape index (κ2) is 4.61. The van der Waals surface area contributed by atoms with Crippen molar-refractivity contribution < 1.29 is 4.39 Å². The third-order valence-corrected chi connectivity index (χ3v) is 3.79. The molecule has 21 heavy (non-hydrogen) atoms. The molecule has 1 atom stereocenters. The zero-order valence-electron chi connectivity index (χ0n) is 10.9. The zero-order valence-corrected chi connectivity index (χ0v) is 11.7. The molecule has 7 N–H and O–H groups in total. The molecular formula is C14H13ClFN5. The van der Waals surface area contributed by atoms with Crippen LogP contribution >= 0.6 is 11.6 Å². The van der Waals surface area contributed by atoms with E-state index in [1.165, 1.54) is 18.5 Å². The number of nitrogen functional groups attached to an aromatic ring is 2. The molecule has 2 aromatic carbocycles. The van der Waals surface area contributed by atoms with Gasteiger partial charge in [0.2, 0.25) is 0 Å². The minimum Gasteiger partial charge on any atom is -0.397 e. The fraction of sp³-hybridized carbons (Fsp3) is 0.0714. The molecule has 1 heterocycles. The van der Waals surface area contributed by atoms with E-state index in [0.717, 1.165) is 0 Å². The molecule has 0 spiro atoms. The summed E-state index contributed by atoms with van der Waals surface area (Å²) in [5.41, 5.74) is 19.6. The van der Waals surface area contributed by atoms with E-state index in [2.05, 4.69) is 10.3 Å². The quantitative estimate of drug-likeness (QED) is 0.606. The van der Waals surface area contributed by atoms with Crippen molar-refractivity contribution in [2.45, 2.75) is 5.66 Å². The molecule has 0 fully saturated rings. The van der Waals surface area contributed by atoms with Gasteiger partial charge in [0, 0.05) is 5.56 Å². The van der Waals surface area contributed by atoms with Crippen molar-refractivity contribution >= 4 is 35.0 Å². The molecule has 0 aliphatic carbocycles. The number of hydrogen-bond acceptors (Lipinski definition) is 5. The van der Waals surface area contributed by atoms with Crippen LogP contribution in [0.4, 0.5) is 21.5 Å². The third-order valence-electron chi connectivity index (χ3n) is 3.50. The highest BCUT2D eigenvalue weighted by atomic mass is 35.5. The Labute approximate surface area is 125 Å². The van der Waals surface area contributed by atoms with Gasteiger partial charge < -0.3 is 22.5 Å². The number of halogens is 2. The van der Waals surface area contributed by atoms with Crippen LogP contribution in [0.25, 0.3) is 0 Å². The van der Waals surface area contributed by atoms with Gasteiger partial charge >= 0.3 is 0 Å². The molecule has 0 saturated heterocycles. The average Bonchev–Trinajstić information content (AvgIpc) is 2.44. The van der Waals surface area contributed by atoms with Crippen LogP contribution in [0.5, 0.6) is 0 Å². The number of anilines is 2. The van der Waals surface area contributed by atoms with Crippen LogP contribution in [0.15, 0.2) is 35.3 Å². The Morgan fingerprint density at radius 1 is 1.14 bits per heavy atom. The number of hydrogen-bond donors (Lipinski definition) is 4. The molecule has 0 bridgehead atoms. The molecule has 0 radical (unpaired) electrons. The first-order valence-corrected chi connectivity index (χ1v) is 6.54. The maximum absolute atomic E-state index is 13.3. The number of nitrogens with zero attached hydrogens (tertiary/aromatic N) is 1. The second-order valence-electron chi connectivity index (χ2n) is 4.84. The number of nitrogens with one attached hydrogen (secondary N) is 1. The van der Waals surface area contributed by atoms with Crippen LogP contribution in [-0.4, -0.2) is 6.34 Å². The van der Waals surface area contributed by atoms with Gasteiger partial charge in [0.15, 0.2) is 0 Å². The maximum atomic E-state index is 13.3. The lowest BCUT2D eigenvalue weighted by atomic mass is 9.89. The number of rotatable bonds is 1. The Balaban J connectivity index is 2.21. The van der Waals surface area contributed by atoms with Gasteiger partial charge in [-0.1, -0.05) is 17.7 Å². The van der Waals surface area contributed by atoms with Crippen LogP contribution in [0, 0.1) is 5.82 Å². The van der Waals surface area contributed by atoms with E-state index < -0.39 is 11.5 Å². The van der Waals surface area contributed by atoms with Gasteiger partial charge in [-0.3, -0.25) is 0 Å². The summed E-state index contributed by atoms with van der Waals surface area (Å²) in [5, 5.41) is 2.96. The first kappa shape index (κ1) is 13.7. The standard InChI is InChI=1S/C14H13ClFN5/c15-9-3-7(1-2-10(9)16)14(19)8-4-11(17)12(18)5-13(8)20-6-21-14/h1-6H,17-19H2,(H,20,21). The summed E-state index contributed by atoms with van der Waals surface area (Å²) in [6, 6.07) is 7.60. The number of benzene rings is 2. The van der Waals surface area contributed by atoms with E-state index in [1.807, 2.05) is 0 Å². The van der Waals surface area contributed by atoms with E-state index in [1.54, 1.807) is 18.2 Å². The summed E-state index contributed by atoms with van der Waals surface area (Å²) < 4.78 is 13.3. The molecule has 1 aliphatic heterocycles. The molecule has 0 saturated carbocycles. The van der Waals surface area contributed by atoms with E-state index in [0.29, 0.717) is 28.2 Å². The number of fused-ring (bicyclic) bond motifs is 1. The van der Waals surface area contributed by atoms with Gasteiger partial charge in [0.1, 0.15) is 11.5 Å². The minimum atomic E-state index is -1.11. The van der Waals surface area contributed by atoms with Gasteiger partial charge in [-0.25, -0.2) is 9.38 Å². The van der Waals surface area contributed by atoms with Gasteiger partial charge in [0.05, 0.1) is 28.4 Å². The van der Waals surface area contributed by atoms with Crippen molar-refractivity contribution in [1.29, 1.82) is 0 Å². The Morgan fingerprint density at radius 3 is 2.57 bits per heavy atom. The van der Waals surface area contributed by atoms with E-state index >= 15 is 0 Å². The third kappa shape index (κ3) is 2.09. The molecule has 3 rings (SSSR count). The number of aliphatic imine (C=N–C) groups is 1. The van der Waals surface area contributed by atoms with Crippen molar-refractivity contribution in [3.05, 3.63) is 52.3 Å². The highest BCUT2D eigenvalue weighted by molar-refractivity contribution is 6.30. The van der Waals surface area contributed by atoms with Crippen molar-refractivity contribution in [2.24, 2.45) is 10.7 Å². The van der Waals surface area contributed by atoms with Gasteiger partial charge in [-0.15, -0.1) is 0 Å². The Morgan fingerprint density at radius 2 is 1.86 bits per heavy atom. The van der Waals surface area contributed by atoms with E-state index in [4.69, 9.17) is 28.8 Å². The summed E-state index contributed by atoms with van der Waals surface area (Å²) in [4.78, 5) is 4.20. The maximum Gasteiger partial charge on any atom is 0.141 e. The van der Waals surface area contributed by atoms with Crippen LogP contribution < -0.4 is 22.5 Å². The Bertz CT molecular complexity index is 761.